The van der Waals surface area contributed by atoms with Crippen LogP contribution in [-0.2, 0) is 5.41 Å². The molecule has 1 heterocycles. The fourth-order valence-electron chi connectivity index (χ4n) is 1.33. The van der Waals surface area contributed by atoms with Gasteiger partial charge in [-0.3, -0.25) is 4.79 Å². The lowest BCUT2D eigenvalue weighted by molar-refractivity contribution is 0.0923. The van der Waals surface area contributed by atoms with Gasteiger partial charge in [-0.2, -0.15) is 0 Å². The lowest BCUT2D eigenvalue weighted by Gasteiger charge is -2.14. The summed E-state index contributed by atoms with van der Waals surface area (Å²) in [5.41, 5.74) is 1.09. The fraction of sp³-hybridized carbons (Fsp3) is 0.583. The zero-order chi connectivity index (χ0) is 11.1. The van der Waals surface area contributed by atoms with Crippen molar-refractivity contribution in [1.82, 2.24) is 5.32 Å². The summed E-state index contributed by atoms with van der Waals surface area (Å²) in [6.45, 7) is 6.29. The van der Waals surface area contributed by atoms with Crippen molar-refractivity contribution in [3.63, 3.8) is 0 Å². The zero-order valence-corrected chi connectivity index (χ0v) is 9.46. The molecule has 0 unspecified atom stereocenters. The van der Waals surface area contributed by atoms with E-state index in [2.05, 4.69) is 26.1 Å². The number of rotatable bonds is 2. The monoisotopic (exact) mass is 207 g/mol. The Morgan fingerprint density at radius 3 is 2.60 bits per heavy atom. The first-order chi connectivity index (χ1) is 6.97. The molecular formula is C12H17NO2. The molecule has 1 aromatic heterocycles. The molecule has 82 valence electrons. The Kier molecular flexibility index (Phi) is 2.33. The van der Waals surface area contributed by atoms with Gasteiger partial charge in [-0.05, 0) is 29.9 Å². The summed E-state index contributed by atoms with van der Waals surface area (Å²) in [6, 6.07) is 2.21. The van der Waals surface area contributed by atoms with Crippen LogP contribution in [0.1, 0.15) is 49.7 Å². The number of carbonyl (C=O) groups excluding carboxylic acids is 1. The molecule has 1 aliphatic rings. The van der Waals surface area contributed by atoms with Crippen molar-refractivity contribution in [1.29, 1.82) is 0 Å². The molecule has 0 saturated heterocycles. The Morgan fingerprint density at radius 1 is 1.47 bits per heavy atom. The normalized spacial score (nSPS) is 16.5. The van der Waals surface area contributed by atoms with Gasteiger partial charge in [0.15, 0.2) is 5.76 Å². The molecule has 1 amide bonds. The second kappa shape index (κ2) is 3.40. The molecule has 15 heavy (non-hydrogen) atoms. The molecule has 1 aliphatic carbocycles. The van der Waals surface area contributed by atoms with E-state index < -0.39 is 0 Å². The van der Waals surface area contributed by atoms with Gasteiger partial charge in [0.05, 0.1) is 6.26 Å². The highest BCUT2D eigenvalue weighted by Gasteiger charge is 2.26. The van der Waals surface area contributed by atoms with Gasteiger partial charge in [0.25, 0.3) is 5.91 Å². The second-order valence-electron chi connectivity index (χ2n) is 5.20. The van der Waals surface area contributed by atoms with E-state index in [9.17, 15) is 4.79 Å². The number of hydrogen-bond donors (Lipinski definition) is 1. The van der Waals surface area contributed by atoms with Gasteiger partial charge in [-0.25, -0.2) is 0 Å². The standard InChI is InChI=1S/C12H17NO2/c1-12(2,3)8-6-10(15-7-8)11(14)13-9-4-5-9/h6-7,9H,4-5H2,1-3H3,(H,13,14). The lowest BCUT2D eigenvalue weighted by Crippen LogP contribution is -2.24. The van der Waals surface area contributed by atoms with E-state index in [0.29, 0.717) is 11.8 Å². The Labute approximate surface area is 89.9 Å². The Morgan fingerprint density at radius 2 is 2.13 bits per heavy atom. The van der Waals surface area contributed by atoms with Crippen molar-refractivity contribution in [2.24, 2.45) is 0 Å². The van der Waals surface area contributed by atoms with Crippen LogP contribution in [0.4, 0.5) is 0 Å². The Hall–Kier alpha value is -1.25. The Bertz CT molecular complexity index is 369. The lowest BCUT2D eigenvalue weighted by atomic mass is 9.89. The van der Waals surface area contributed by atoms with Crippen LogP contribution in [0.2, 0.25) is 0 Å². The van der Waals surface area contributed by atoms with Crippen LogP contribution in [0.15, 0.2) is 16.7 Å². The van der Waals surface area contributed by atoms with E-state index in [1.54, 1.807) is 6.26 Å². The summed E-state index contributed by atoms with van der Waals surface area (Å²) in [5, 5.41) is 2.90. The largest absolute Gasteiger partial charge is 0.459 e. The summed E-state index contributed by atoms with van der Waals surface area (Å²) in [6.07, 6.45) is 3.86. The molecule has 3 heteroatoms. The number of amides is 1. The predicted octanol–water partition coefficient (Wildman–Crippen LogP) is 2.47. The Balaban J connectivity index is 2.08. The molecule has 2 rings (SSSR count). The van der Waals surface area contributed by atoms with Gasteiger partial charge < -0.3 is 9.73 Å². The maximum Gasteiger partial charge on any atom is 0.287 e. The first-order valence-corrected chi connectivity index (χ1v) is 5.37. The molecule has 0 spiro atoms. The van der Waals surface area contributed by atoms with Crippen LogP contribution in [0.3, 0.4) is 0 Å². The fourth-order valence-corrected chi connectivity index (χ4v) is 1.33. The van der Waals surface area contributed by atoms with Crippen LogP contribution in [-0.4, -0.2) is 11.9 Å². The van der Waals surface area contributed by atoms with Gasteiger partial charge in [0.2, 0.25) is 0 Å². The second-order valence-corrected chi connectivity index (χ2v) is 5.20. The molecule has 3 nitrogen and oxygen atoms in total. The highest BCUT2D eigenvalue weighted by molar-refractivity contribution is 5.92. The third-order valence-electron chi connectivity index (χ3n) is 2.60. The van der Waals surface area contributed by atoms with Crippen LogP contribution in [0, 0.1) is 0 Å². The molecule has 0 atom stereocenters. The summed E-state index contributed by atoms with van der Waals surface area (Å²) >= 11 is 0. The van der Waals surface area contributed by atoms with E-state index in [4.69, 9.17) is 4.42 Å². The topological polar surface area (TPSA) is 42.2 Å². The van der Waals surface area contributed by atoms with E-state index in [1.807, 2.05) is 6.07 Å². The summed E-state index contributed by atoms with van der Waals surface area (Å²) < 4.78 is 5.27. The van der Waals surface area contributed by atoms with Gasteiger partial charge in [0.1, 0.15) is 0 Å². The van der Waals surface area contributed by atoms with E-state index in [1.165, 1.54) is 0 Å². The van der Waals surface area contributed by atoms with Gasteiger partial charge >= 0.3 is 0 Å². The van der Waals surface area contributed by atoms with Crippen molar-refractivity contribution < 1.29 is 9.21 Å². The third kappa shape index (κ3) is 2.41. The van der Waals surface area contributed by atoms with Crippen molar-refractivity contribution in [3.8, 4) is 0 Å². The molecule has 0 aromatic carbocycles. The van der Waals surface area contributed by atoms with E-state index in [-0.39, 0.29) is 11.3 Å². The van der Waals surface area contributed by atoms with Crippen LogP contribution < -0.4 is 5.32 Å². The first-order valence-electron chi connectivity index (χ1n) is 5.37. The minimum atomic E-state index is -0.0898. The highest BCUT2D eigenvalue weighted by Crippen LogP contribution is 2.25. The molecule has 1 fully saturated rings. The van der Waals surface area contributed by atoms with Crippen LogP contribution in [0.5, 0.6) is 0 Å². The van der Waals surface area contributed by atoms with Gasteiger partial charge in [0, 0.05) is 6.04 Å². The van der Waals surface area contributed by atoms with Crippen molar-refractivity contribution >= 4 is 5.91 Å². The molecule has 1 N–H and O–H groups in total. The number of hydrogen-bond acceptors (Lipinski definition) is 2. The van der Waals surface area contributed by atoms with Crippen LogP contribution >= 0.6 is 0 Å². The van der Waals surface area contributed by atoms with E-state index in [0.717, 1.165) is 18.4 Å². The SMILES string of the molecule is CC(C)(C)c1coc(C(=O)NC2CC2)c1. The van der Waals surface area contributed by atoms with Crippen molar-refractivity contribution in [2.45, 2.75) is 45.1 Å². The number of carbonyl (C=O) groups is 1. The quantitative estimate of drug-likeness (QED) is 0.809. The highest BCUT2D eigenvalue weighted by atomic mass is 16.3. The molecule has 1 saturated carbocycles. The maximum atomic E-state index is 11.6. The average molecular weight is 207 g/mol. The molecule has 0 aliphatic heterocycles. The molecule has 1 aromatic rings. The summed E-state index contributed by atoms with van der Waals surface area (Å²) in [4.78, 5) is 11.6. The average Bonchev–Trinajstić information content (AvgIpc) is 2.80. The molecule has 0 bridgehead atoms. The number of nitrogens with one attached hydrogen (secondary N) is 1. The molecule has 0 radical (unpaired) electrons. The summed E-state index contributed by atoms with van der Waals surface area (Å²) in [7, 11) is 0. The molecular weight excluding hydrogens is 190 g/mol. The van der Waals surface area contributed by atoms with Crippen molar-refractivity contribution in [2.75, 3.05) is 0 Å². The smallest absolute Gasteiger partial charge is 0.287 e. The predicted molar refractivity (Wildman–Crippen MR) is 57.9 cm³/mol. The van der Waals surface area contributed by atoms with Crippen LogP contribution in [0.25, 0.3) is 0 Å². The van der Waals surface area contributed by atoms with Gasteiger partial charge in [-0.15, -0.1) is 0 Å². The summed E-state index contributed by atoms with van der Waals surface area (Å²) in [5.74, 6) is 0.333. The first kappa shape index (κ1) is 10.3. The maximum absolute atomic E-state index is 11.6. The van der Waals surface area contributed by atoms with Crippen molar-refractivity contribution in [3.05, 3.63) is 23.7 Å². The third-order valence-corrected chi connectivity index (χ3v) is 2.60. The van der Waals surface area contributed by atoms with E-state index >= 15 is 0 Å². The zero-order valence-electron chi connectivity index (χ0n) is 9.46. The number of furan rings is 1. The minimum absolute atomic E-state index is 0.0294. The van der Waals surface area contributed by atoms with Gasteiger partial charge in [-0.1, -0.05) is 20.8 Å². The minimum Gasteiger partial charge on any atom is -0.459 e.